The molecule has 114 valence electrons. The average molecular weight is 287 g/mol. The molecule has 1 aliphatic heterocycles. The summed E-state index contributed by atoms with van der Waals surface area (Å²) in [7, 11) is 0. The van der Waals surface area contributed by atoms with Gasteiger partial charge in [0.05, 0.1) is 16.8 Å². The Labute approximate surface area is 126 Å². The topological polar surface area (TPSA) is 58.4 Å². The molecule has 2 atom stereocenters. The van der Waals surface area contributed by atoms with Gasteiger partial charge < -0.3 is 16.0 Å². The van der Waals surface area contributed by atoms with Crippen LogP contribution in [0.4, 0.5) is 11.4 Å². The number of hydrogen-bond acceptors (Lipinski definition) is 3. The lowest BCUT2D eigenvalue weighted by molar-refractivity contribution is -0.125. The molecule has 1 aliphatic carbocycles. The molecule has 21 heavy (non-hydrogen) atoms. The number of nitrogens with zero attached hydrogens (tertiary/aromatic N) is 1. The van der Waals surface area contributed by atoms with Crippen molar-refractivity contribution in [2.24, 2.45) is 11.1 Å². The van der Waals surface area contributed by atoms with Crippen molar-refractivity contribution in [1.82, 2.24) is 0 Å². The monoisotopic (exact) mass is 287 g/mol. The van der Waals surface area contributed by atoms with Gasteiger partial charge in [-0.25, -0.2) is 0 Å². The minimum atomic E-state index is -0.432. The summed E-state index contributed by atoms with van der Waals surface area (Å²) < 4.78 is 0. The summed E-state index contributed by atoms with van der Waals surface area (Å²) in [5.41, 5.74) is 7.78. The van der Waals surface area contributed by atoms with E-state index in [1.54, 1.807) is 0 Å². The minimum absolute atomic E-state index is 0.0311. The highest BCUT2D eigenvalue weighted by Gasteiger charge is 2.43. The van der Waals surface area contributed by atoms with Crippen molar-refractivity contribution in [3.05, 3.63) is 24.3 Å². The van der Waals surface area contributed by atoms with Crippen molar-refractivity contribution in [1.29, 1.82) is 0 Å². The molecule has 4 nitrogen and oxygen atoms in total. The smallest absolute Gasteiger partial charge is 0.231 e. The maximum Gasteiger partial charge on any atom is 0.231 e. The van der Waals surface area contributed by atoms with Crippen molar-refractivity contribution in [2.75, 3.05) is 23.3 Å². The summed E-state index contributed by atoms with van der Waals surface area (Å²) >= 11 is 0. The Bertz CT molecular complexity index is 525. The molecule has 3 rings (SSSR count). The minimum Gasteiger partial charge on any atom is -0.370 e. The first-order chi connectivity index (χ1) is 10.1. The number of nitrogens with one attached hydrogen (secondary N) is 1. The molecule has 4 heteroatoms. The van der Waals surface area contributed by atoms with Gasteiger partial charge in [-0.1, -0.05) is 18.6 Å². The lowest BCUT2D eigenvalue weighted by Crippen LogP contribution is -2.44. The van der Waals surface area contributed by atoms with E-state index in [-0.39, 0.29) is 11.9 Å². The molecular formula is C17H25N3O. The number of carbonyl (C=O) groups is 1. The zero-order valence-electron chi connectivity index (χ0n) is 12.8. The highest BCUT2D eigenvalue weighted by atomic mass is 16.2. The summed E-state index contributed by atoms with van der Waals surface area (Å²) in [6.45, 7) is 4.14. The maximum absolute atomic E-state index is 12.7. The van der Waals surface area contributed by atoms with Crippen molar-refractivity contribution in [3.63, 3.8) is 0 Å². The number of amides is 1. The van der Waals surface area contributed by atoms with Gasteiger partial charge >= 0.3 is 0 Å². The zero-order valence-corrected chi connectivity index (χ0v) is 12.8. The standard InChI is InChI=1S/C17H25N3O/c1-17(10-6-9-15(17)18)16(21)19-13-7-2-3-8-14(13)20-11-4-5-12-20/h2-3,7-8,15H,4-6,9-12,18H2,1H3,(H,19,21). The van der Waals surface area contributed by atoms with Crippen LogP contribution in [0.5, 0.6) is 0 Å². The van der Waals surface area contributed by atoms with Crippen molar-refractivity contribution < 1.29 is 4.79 Å². The van der Waals surface area contributed by atoms with E-state index in [4.69, 9.17) is 5.73 Å². The predicted octanol–water partition coefficient (Wildman–Crippen LogP) is 2.74. The maximum atomic E-state index is 12.7. The van der Waals surface area contributed by atoms with Gasteiger partial charge in [0.15, 0.2) is 0 Å². The molecule has 0 spiro atoms. The predicted molar refractivity (Wildman–Crippen MR) is 86.5 cm³/mol. The van der Waals surface area contributed by atoms with Crippen molar-refractivity contribution in [3.8, 4) is 0 Å². The van der Waals surface area contributed by atoms with Gasteiger partial charge in [-0.3, -0.25) is 4.79 Å². The van der Waals surface area contributed by atoms with Crippen LogP contribution in [-0.2, 0) is 4.79 Å². The molecular weight excluding hydrogens is 262 g/mol. The summed E-state index contributed by atoms with van der Waals surface area (Å²) in [4.78, 5) is 15.1. The fourth-order valence-corrected chi connectivity index (χ4v) is 3.55. The van der Waals surface area contributed by atoms with Crippen molar-refractivity contribution >= 4 is 17.3 Å². The van der Waals surface area contributed by atoms with E-state index < -0.39 is 5.41 Å². The third-order valence-electron chi connectivity index (χ3n) is 5.15. The second-order valence-electron chi connectivity index (χ2n) is 6.58. The lowest BCUT2D eigenvalue weighted by Gasteiger charge is -2.29. The van der Waals surface area contributed by atoms with Crippen LogP contribution in [0.25, 0.3) is 0 Å². The quantitative estimate of drug-likeness (QED) is 0.898. The van der Waals surface area contributed by atoms with Crippen LogP contribution < -0.4 is 16.0 Å². The van der Waals surface area contributed by atoms with E-state index in [1.165, 1.54) is 12.8 Å². The number of carbonyl (C=O) groups excluding carboxylic acids is 1. The first-order valence-corrected chi connectivity index (χ1v) is 8.02. The van der Waals surface area contributed by atoms with Crippen LogP contribution in [0.15, 0.2) is 24.3 Å². The van der Waals surface area contributed by atoms with Crippen LogP contribution in [0.1, 0.15) is 39.0 Å². The Morgan fingerprint density at radius 2 is 2.00 bits per heavy atom. The highest BCUT2D eigenvalue weighted by molar-refractivity contribution is 5.98. The zero-order chi connectivity index (χ0) is 14.9. The highest BCUT2D eigenvalue weighted by Crippen LogP contribution is 2.38. The van der Waals surface area contributed by atoms with E-state index in [9.17, 15) is 4.79 Å². The van der Waals surface area contributed by atoms with E-state index >= 15 is 0 Å². The molecule has 0 aromatic heterocycles. The normalized spacial score (nSPS) is 28.9. The Morgan fingerprint density at radius 3 is 2.67 bits per heavy atom. The number of para-hydroxylation sites is 2. The number of rotatable bonds is 3. The van der Waals surface area contributed by atoms with E-state index in [1.807, 2.05) is 25.1 Å². The first kappa shape index (κ1) is 14.4. The Balaban J connectivity index is 1.80. The Hall–Kier alpha value is -1.55. The van der Waals surface area contributed by atoms with E-state index in [2.05, 4.69) is 16.3 Å². The van der Waals surface area contributed by atoms with Gasteiger partial charge in [0, 0.05) is 19.1 Å². The summed E-state index contributed by atoms with van der Waals surface area (Å²) in [6, 6.07) is 8.07. The molecule has 2 unspecified atom stereocenters. The van der Waals surface area contributed by atoms with Gasteiger partial charge in [0.1, 0.15) is 0 Å². The molecule has 3 N–H and O–H groups in total. The second-order valence-corrected chi connectivity index (χ2v) is 6.58. The Morgan fingerprint density at radius 1 is 1.29 bits per heavy atom. The summed E-state index contributed by atoms with van der Waals surface area (Å²) in [5, 5.41) is 3.14. The second kappa shape index (κ2) is 5.68. The number of anilines is 2. The number of hydrogen-bond donors (Lipinski definition) is 2. The Kier molecular flexibility index (Phi) is 3.89. The number of nitrogens with two attached hydrogens (primary N) is 1. The van der Waals surface area contributed by atoms with Crippen LogP contribution in [-0.4, -0.2) is 25.0 Å². The largest absolute Gasteiger partial charge is 0.370 e. The van der Waals surface area contributed by atoms with Gasteiger partial charge in [-0.05, 0) is 44.7 Å². The molecule has 0 radical (unpaired) electrons. The first-order valence-electron chi connectivity index (χ1n) is 8.02. The molecule has 2 fully saturated rings. The van der Waals surface area contributed by atoms with Crippen LogP contribution in [0.3, 0.4) is 0 Å². The van der Waals surface area contributed by atoms with Gasteiger partial charge in [-0.15, -0.1) is 0 Å². The van der Waals surface area contributed by atoms with Crippen LogP contribution >= 0.6 is 0 Å². The van der Waals surface area contributed by atoms with Gasteiger partial charge in [0.2, 0.25) is 5.91 Å². The molecule has 1 heterocycles. The molecule has 1 aromatic carbocycles. The molecule has 1 amide bonds. The molecule has 2 aliphatic rings. The van der Waals surface area contributed by atoms with E-state index in [0.717, 1.165) is 43.7 Å². The average Bonchev–Trinajstić information content (AvgIpc) is 3.11. The summed E-state index contributed by atoms with van der Waals surface area (Å²) in [5.74, 6) is 0.0687. The SMILES string of the molecule is CC1(C(=O)Nc2ccccc2N2CCCC2)CCCC1N. The molecule has 0 bridgehead atoms. The van der Waals surface area contributed by atoms with Gasteiger partial charge in [0.25, 0.3) is 0 Å². The van der Waals surface area contributed by atoms with Gasteiger partial charge in [-0.2, -0.15) is 0 Å². The van der Waals surface area contributed by atoms with Crippen molar-refractivity contribution in [2.45, 2.75) is 45.1 Å². The third kappa shape index (κ3) is 2.64. The fraction of sp³-hybridized carbons (Fsp3) is 0.588. The molecule has 1 saturated heterocycles. The fourth-order valence-electron chi connectivity index (χ4n) is 3.55. The van der Waals surface area contributed by atoms with Crippen LogP contribution in [0, 0.1) is 5.41 Å². The molecule has 1 aromatic rings. The number of benzene rings is 1. The van der Waals surface area contributed by atoms with Crippen LogP contribution in [0.2, 0.25) is 0 Å². The third-order valence-corrected chi connectivity index (χ3v) is 5.15. The van der Waals surface area contributed by atoms with E-state index in [0.29, 0.717) is 0 Å². The lowest BCUT2D eigenvalue weighted by atomic mass is 9.84. The summed E-state index contributed by atoms with van der Waals surface area (Å²) in [6.07, 6.45) is 5.32. The molecule has 1 saturated carbocycles.